The van der Waals surface area contributed by atoms with Crippen molar-refractivity contribution in [3.8, 4) is 0 Å². The van der Waals surface area contributed by atoms with E-state index in [-0.39, 0.29) is 0 Å². The molecule has 0 aromatic carbocycles. The summed E-state index contributed by atoms with van der Waals surface area (Å²) in [6.07, 6.45) is 6.40. The summed E-state index contributed by atoms with van der Waals surface area (Å²) < 4.78 is 5.20. The van der Waals surface area contributed by atoms with Crippen molar-refractivity contribution < 1.29 is 4.42 Å². The van der Waals surface area contributed by atoms with E-state index >= 15 is 0 Å². The van der Waals surface area contributed by atoms with Crippen LogP contribution in [0, 0.1) is 6.92 Å². The molecule has 0 fully saturated rings. The molecule has 2 nitrogen and oxygen atoms in total. The van der Waals surface area contributed by atoms with Crippen LogP contribution in [0.4, 0.5) is 0 Å². The van der Waals surface area contributed by atoms with Crippen molar-refractivity contribution in [3.05, 3.63) is 17.8 Å². The molecule has 0 aliphatic carbocycles. The van der Waals surface area contributed by atoms with Crippen molar-refractivity contribution in [1.29, 1.82) is 0 Å². The molecule has 0 amide bonds. The molecule has 1 aromatic rings. The van der Waals surface area contributed by atoms with Gasteiger partial charge in [0.15, 0.2) is 5.89 Å². The van der Waals surface area contributed by atoms with E-state index in [9.17, 15) is 0 Å². The summed E-state index contributed by atoms with van der Waals surface area (Å²) in [5.41, 5.74) is 0.983. The highest BCUT2D eigenvalue weighted by Gasteiger charge is 1.98. The molecular weight excluding hydrogens is 138 g/mol. The maximum Gasteiger partial charge on any atom is 0.194 e. The van der Waals surface area contributed by atoms with Crippen molar-refractivity contribution in [3.63, 3.8) is 0 Å². The molecule has 1 rings (SSSR count). The Morgan fingerprint density at radius 1 is 1.45 bits per heavy atom. The number of hydrogen-bond donors (Lipinski definition) is 0. The van der Waals surface area contributed by atoms with Crippen LogP contribution in [0.3, 0.4) is 0 Å². The molecule has 1 aromatic heterocycles. The maximum atomic E-state index is 5.20. The minimum absolute atomic E-state index is 0.885. The quantitative estimate of drug-likeness (QED) is 0.621. The summed E-state index contributed by atoms with van der Waals surface area (Å²) in [5, 5.41) is 0. The zero-order valence-corrected chi connectivity index (χ0v) is 7.26. The van der Waals surface area contributed by atoms with Gasteiger partial charge in [-0.15, -0.1) is 0 Å². The molecule has 0 aliphatic rings. The van der Waals surface area contributed by atoms with E-state index in [1.165, 1.54) is 19.3 Å². The number of unbranched alkanes of at least 4 members (excludes halogenated alkanes) is 2. The van der Waals surface area contributed by atoms with Gasteiger partial charge in [-0.3, -0.25) is 0 Å². The number of hydrogen-bond acceptors (Lipinski definition) is 2. The van der Waals surface area contributed by atoms with Crippen LogP contribution in [-0.2, 0) is 6.42 Å². The van der Waals surface area contributed by atoms with Gasteiger partial charge in [0.1, 0.15) is 6.26 Å². The van der Waals surface area contributed by atoms with Crippen LogP contribution in [0.15, 0.2) is 10.7 Å². The third-order valence-electron chi connectivity index (χ3n) is 1.66. The fourth-order valence-corrected chi connectivity index (χ4v) is 1.04. The van der Waals surface area contributed by atoms with Crippen molar-refractivity contribution in [1.82, 2.24) is 4.98 Å². The molecule has 0 saturated heterocycles. The van der Waals surface area contributed by atoms with Crippen LogP contribution < -0.4 is 0 Å². The number of aryl methyl sites for hydroxylation is 2. The monoisotopic (exact) mass is 153 g/mol. The van der Waals surface area contributed by atoms with Gasteiger partial charge in [-0.2, -0.15) is 0 Å². The minimum atomic E-state index is 0.885. The fraction of sp³-hybridized carbons (Fsp3) is 0.667. The van der Waals surface area contributed by atoms with Crippen LogP contribution in [0.1, 0.15) is 37.8 Å². The smallest absolute Gasteiger partial charge is 0.194 e. The normalized spacial score (nSPS) is 10.4. The maximum absolute atomic E-state index is 5.20. The zero-order chi connectivity index (χ0) is 8.10. The predicted octanol–water partition coefficient (Wildman–Crippen LogP) is 2.72. The highest BCUT2D eigenvalue weighted by Crippen LogP contribution is 2.05. The van der Waals surface area contributed by atoms with Crippen LogP contribution in [0.5, 0.6) is 0 Å². The zero-order valence-electron chi connectivity index (χ0n) is 7.26. The lowest BCUT2D eigenvalue weighted by atomic mass is 10.2. The van der Waals surface area contributed by atoms with Crippen molar-refractivity contribution >= 4 is 0 Å². The Morgan fingerprint density at radius 3 is 2.82 bits per heavy atom. The average molecular weight is 153 g/mol. The van der Waals surface area contributed by atoms with E-state index in [0.717, 1.165) is 18.0 Å². The fourth-order valence-electron chi connectivity index (χ4n) is 1.04. The van der Waals surface area contributed by atoms with Crippen LogP contribution in [0.2, 0.25) is 0 Å². The number of oxazole rings is 1. The van der Waals surface area contributed by atoms with Crippen molar-refractivity contribution in [2.24, 2.45) is 0 Å². The summed E-state index contributed by atoms with van der Waals surface area (Å²) in [7, 11) is 0. The molecule has 0 bridgehead atoms. The van der Waals surface area contributed by atoms with E-state index in [2.05, 4.69) is 11.9 Å². The van der Waals surface area contributed by atoms with Crippen molar-refractivity contribution in [2.75, 3.05) is 0 Å². The second-order valence-corrected chi connectivity index (χ2v) is 2.84. The van der Waals surface area contributed by atoms with Crippen LogP contribution in [-0.4, -0.2) is 4.98 Å². The van der Waals surface area contributed by atoms with Gasteiger partial charge >= 0.3 is 0 Å². The summed E-state index contributed by atoms with van der Waals surface area (Å²) in [6.45, 7) is 4.15. The summed E-state index contributed by atoms with van der Waals surface area (Å²) >= 11 is 0. The van der Waals surface area contributed by atoms with Crippen molar-refractivity contribution in [2.45, 2.75) is 39.5 Å². The lowest BCUT2D eigenvalue weighted by Crippen LogP contribution is -1.84. The van der Waals surface area contributed by atoms with Gasteiger partial charge in [0.2, 0.25) is 0 Å². The van der Waals surface area contributed by atoms with E-state index < -0.39 is 0 Å². The van der Waals surface area contributed by atoms with E-state index in [1.807, 2.05) is 6.92 Å². The topological polar surface area (TPSA) is 26.0 Å². The van der Waals surface area contributed by atoms with Crippen LogP contribution >= 0.6 is 0 Å². The largest absolute Gasteiger partial charge is 0.449 e. The second kappa shape index (κ2) is 4.16. The molecule has 0 spiro atoms. The SMILES string of the molecule is CCCCCc1nc(C)co1. The van der Waals surface area contributed by atoms with Gasteiger partial charge in [-0.1, -0.05) is 19.8 Å². The molecule has 62 valence electrons. The predicted molar refractivity (Wildman–Crippen MR) is 44.5 cm³/mol. The Hall–Kier alpha value is -0.790. The Kier molecular flexibility index (Phi) is 3.14. The molecule has 11 heavy (non-hydrogen) atoms. The first-order valence-electron chi connectivity index (χ1n) is 4.24. The molecule has 0 unspecified atom stereocenters. The average Bonchev–Trinajstić information content (AvgIpc) is 2.37. The number of nitrogens with zero attached hydrogens (tertiary/aromatic N) is 1. The Bertz CT molecular complexity index is 205. The lowest BCUT2D eigenvalue weighted by molar-refractivity contribution is 0.482. The first kappa shape index (κ1) is 8.31. The Morgan fingerprint density at radius 2 is 2.27 bits per heavy atom. The highest BCUT2D eigenvalue weighted by atomic mass is 16.3. The number of aromatic nitrogens is 1. The number of rotatable bonds is 4. The molecule has 2 heteroatoms. The molecule has 0 radical (unpaired) electrons. The van der Waals surface area contributed by atoms with E-state index in [0.29, 0.717) is 0 Å². The van der Waals surface area contributed by atoms with Gasteiger partial charge in [-0.05, 0) is 13.3 Å². The summed E-state index contributed by atoms with van der Waals surface area (Å²) in [4.78, 5) is 4.22. The highest BCUT2D eigenvalue weighted by molar-refractivity contribution is 4.92. The van der Waals surface area contributed by atoms with E-state index in [4.69, 9.17) is 4.42 Å². The van der Waals surface area contributed by atoms with Crippen LogP contribution in [0.25, 0.3) is 0 Å². The summed E-state index contributed by atoms with van der Waals surface area (Å²) in [6, 6.07) is 0. The molecule has 0 aliphatic heterocycles. The Balaban J connectivity index is 2.27. The molecule has 0 N–H and O–H groups in total. The van der Waals surface area contributed by atoms with Gasteiger partial charge in [-0.25, -0.2) is 4.98 Å². The van der Waals surface area contributed by atoms with Gasteiger partial charge < -0.3 is 4.42 Å². The molecule has 0 saturated carbocycles. The Labute approximate surface area is 67.6 Å². The first-order chi connectivity index (χ1) is 5.33. The van der Waals surface area contributed by atoms with Gasteiger partial charge in [0, 0.05) is 6.42 Å². The lowest BCUT2D eigenvalue weighted by Gasteiger charge is -1.92. The second-order valence-electron chi connectivity index (χ2n) is 2.84. The molecule has 1 heterocycles. The van der Waals surface area contributed by atoms with E-state index in [1.54, 1.807) is 6.26 Å². The molecular formula is C9H15NO. The van der Waals surface area contributed by atoms with Gasteiger partial charge in [0.05, 0.1) is 5.69 Å². The minimum Gasteiger partial charge on any atom is -0.449 e. The third kappa shape index (κ3) is 2.74. The standard InChI is InChI=1S/C9H15NO/c1-3-4-5-6-9-10-8(2)7-11-9/h7H,3-6H2,1-2H3. The third-order valence-corrected chi connectivity index (χ3v) is 1.66. The summed E-state index contributed by atoms with van der Waals surface area (Å²) in [5.74, 6) is 0.885. The van der Waals surface area contributed by atoms with Gasteiger partial charge in [0.25, 0.3) is 0 Å². The first-order valence-corrected chi connectivity index (χ1v) is 4.24. The molecule has 0 atom stereocenters.